The highest BCUT2D eigenvalue weighted by atomic mass is 16.5. The van der Waals surface area contributed by atoms with Crippen LogP contribution in [-0.2, 0) is 15.1 Å². The van der Waals surface area contributed by atoms with Gasteiger partial charge in [0, 0.05) is 30.7 Å². The molecule has 7 rings (SSSR count). The Labute approximate surface area is 278 Å². The highest BCUT2D eigenvalue weighted by Crippen LogP contribution is 2.51. The van der Waals surface area contributed by atoms with E-state index < -0.39 is 23.5 Å². The Morgan fingerprint density at radius 3 is 1.92 bits per heavy atom. The lowest BCUT2D eigenvalue weighted by molar-refractivity contribution is -0.138. The molecule has 0 aliphatic heterocycles. The first kappa shape index (κ1) is 30.8. The minimum absolute atomic E-state index is 0.254. The van der Waals surface area contributed by atoms with Gasteiger partial charge >= 0.3 is 12.0 Å². The number of rotatable bonds is 11. The van der Waals surface area contributed by atoms with E-state index >= 15 is 0 Å². The number of carboxylic acid groups (broad SMARTS) is 1. The Kier molecular flexibility index (Phi) is 8.44. The van der Waals surface area contributed by atoms with Crippen molar-refractivity contribution in [2.45, 2.75) is 23.9 Å². The van der Waals surface area contributed by atoms with Crippen molar-refractivity contribution in [2.24, 2.45) is 5.92 Å². The standard InChI is InChI=1S/C39H35N5O4/c1-48-25-33(26-14-6-2-7-15-26)41-38(47)42-35-23-34-32(24-40-35)36(30-22-31(30)37(45)46)43-44(34)39(27-16-8-3-9-17-27,28-18-10-4-11-19-28)29-20-12-5-13-21-29/h2-21,23-24,30-31,33H,22,25H2,1H3,(H,45,46)(H2,40,41,42,47)/t30?,31?,33-/m1/s1. The zero-order chi connectivity index (χ0) is 33.1. The molecule has 240 valence electrons. The highest BCUT2D eigenvalue weighted by molar-refractivity contribution is 5.92. The molecule has 0 radical (unpaired) electrons. The summed E-state index contributed by atoms with van der Waals surface area (Å²) < 4.78 is 7.37. The molecular weight excluding hydrogens is 602 g/mol. The van der Waals surface area contributed by atoms with Gasteiger partial charge in [-0.05, 0) is 28.7 Å². The lowest BCUT2D eigenvalue weighted by Gasteiger charge is -2.37. The van der Waals surface area contributed by atoms with Crippen LogP contribution in [-0.4, -0.2) is 45.6 Å². The predicted molar refractivity (Wildman–Crippen MR) is 184 cm³/mol. The summed E-state index contributed by atoms with van der Waals surface area (Å²) in [6.45, 7) is 0.292. The molecule has 2 aromatic heterocycles. The van der Waals surface area contributed by atoms with E-state index in [0.29, 0.717) is 30.1 Å². The molecule has 1 saturated carbocycles. The number of nitrogens with one attached hydrogen (secondary N) is 2. The summed E-state index contributed by atoms with van der Waals surface area (Å²) in [5.41, 5.74) is 4.26. The lowest BCUT2D eigenvalue weighted by Crippen LogP contribution is -2.38. The van der Waals surface area contributed by atoms with Crippen molar-refractivity contribution in [3.05, 3.63) is 162 Å². The summed E-state index contributed by atoms with van der Waals surface area (Å²) in [4.78, 5) is 30.1. The van der Waals surface area contributed by atoms with Gasteiger partial charge in [0.05, 0.1) is 29.8 Å². The van der Waals surface area contributed by atoms with Gasteiger partial charge in [-0.25, -0.2) is 14.5 Å². The average molecular weight is 638 g/mol. The number of pyridine rings is 1. The fourth-order valence-electron chi connectivity index (χ4n) is 6.69. The van der Waals surface area contributed by atoms with E-state index in [0.717, 1.165) is 27.6 Å². The minimum Gasteiger partial charge on any atom is -0.481 e. The number of aliphatic carboxylic acids is 1. The van der Waals surface area contributed by atoms with Gasteiger partial charge in [0.15, 0.2) is 0 Å². The van der Waals surface area contributed by atoms with Crippen molar-refractivity contribution in [3.8, 4) is 0 Å². The number of fused-ring (bicyclic) bond motifs is 1. The van der Waals surface area contributed by atoms with Crippen molar-refractivity contribution in [3.63, 3.8) is 0 Å². The number of carbonyl (C=O) groups is 2. The third kappa shape index (κ3) is 5.69. The molecule has 0 spiro atoms. The number of aromatic nitrogens is 3. The number of nitrogens with zero attached hydrogens (tertiary/aromatic N) is 3. The van der Waals surface area contributed by atoms with E-state index in [1.54, 1.807) is 13.3 Å². The van der Waals surface area contributed by atoms with Crippen LogP contribution in [0.1, 0.15) is 46.3 Å². The Balaban J connectivity index is 1.40. The van der Waals surface area contributed by atoms with Gasteiger partial charge in [0.1, 0.15) is 11.4 Å². The molecule has 9 nitrogen and oxygen atoms in total. The maximum Gasteiger partial charge on any atom is 0.320 e. The van der Waals surface area contributed by atoms with Gasteiger partial charge in [-0.2, -0.15) is 5.10 Å². The summed E-state index contributed by atoms with van der Waals surface area (Å²) in [7, 11) is 1.59. The van der Waals surface area contributed by atoms with Crippen LogP contribution in [0.25, 0.3) is 10.9 Å². The first-order valence-corrected chi connectivity index (χ1v) is 15.9. The number of carboxylic acids is 1. The van der Waals surface area contributed by atoms with E-state index in [4.69, 9.17) is 9.84 Å². The topological polar surface area (TPSA) is 118 Å². The van der Waals surface area contributed by atoms with E-state index in [9.17, 15) is 14.7 Å². The first-order valence-electron chi connectivity index (χ1n) is 15.9. The molecule has 2 heterocycles. The number of carbonyl (C=O) groups excluding carboxylic acids is 1. The van der Waals surface area contributed by atoms with E-state index in [-0.39, 0.29) is 12.0 Å². The molecule has 3 atom stereocenters. The van der Waals surface area contributed by atoms with Crippen LogP contribution in [0.5, 0.6) is 0 Å². The largest absolute Gasteiger partial charge is 0.481 e. The zero-order valence-electron chi connectivity index (χ0n) is 26.4. The molecular formula is C39H35N5O4. The number of ether oxygens (including phenoxy) is 1. The smallest absolute Gasteiger partial charge is 0.320 e. The first-order chi connectivity index (χ1) is 23.5. The maximum atomic E-state index is 13.4. The summed E-state index contributed by atoms with van der Waals surface area (Å²) in [6, 6.07) is 41.1. The number of benzene rings is 4. The fourth-order valence-corrected chi connectivity index (χ4v) is 6.69. The summed E-state index contributed by atoms with van der Waals surface area (Å²) in [6.07, 6.45) is 2.19. The molecule has 9 heteroatoms. The Morgan fingerprint density at radius 1 is 0.875 bits per heavy atom. The Bertz CT molecular complexity index is 1940. The molecule has 2 unspecified atom stereocenters. The molecule has 6 aromatic rings. The number of hydrogen-bond acceptors (Lipinski definition) is 5. The van der Waals surface area contributed by atoms with Crippen LogP contribution < -0.4 is 10.6 Å². The molecule has 0 saturated heterocycles. The Morgan fingerprint density at radius 2 is 1.42 bits per heavy atom. The van der Waals surface area contributed by atoms with Crippen molar-refractivity contribution in [1.29, 1.82) is 0 Å². The van der Waals surface area contributed by atoms with Crippen molar-refractivity contribution in [2.75, 3.05) is 19.0 Å². The van der Waals surface area contributed by atoms with E-state index in [2.05, 4.69) is 52.0 Å². The SMILES string of the molecule is COC[C@@H](NC(=O)Nc1cc2c(cn1)c(C1CC1C(=O)O)nn2C(c1ccccc1)(c1ccccc1)c1ccccc1)c1ccccc1. The van der Waals surface area contributed by atoms with Gasteiger partial charge in [-0.3, -0.25) is 10.1 Å². The average Bonchev–Trinajstić information content (AvgIpc) is 3.85. The second-order valence-corrected chi connectivity index (χ2v) is 12.0. The van der Waals surface area contributed by atoms with Crippen LogP contribution in [0.2, 0.25) is 0 Å². The van der Waals surface area contributed by atoms with Gasteiger partial charge in [0.25, 0.3) is 0 Å². The van der Waals surface area contributed by atoms with Crippen molar-refractivity contribution in [1.82, 2.24) is 20.1 Å². The second-order valence-electron chi connectivity index (χ2n) is 12.0. The fraction of sp³-hybridized carbons (Fsp3) is 0.179. The van der Waals surface area contributed by atoms with Crippen molar-refractivity contribution >= 4 is 28.7 Å². The predicted octanol–water partition coefficient (Wildman–Crippen LogP) is 6.97. The van der Waals surface area contributed by atoms with Crippen LogP contribution in [0.15, 0.2) is 134 Å². The lowest BCUT2D eigenvalue weighted by atomic mass is 9.77. The van der Waals surface area contributed by atoms with Crippen molar-refractivity contribution < 1.29 is 19.4 Å². The van der Waals surface area contributed by atoms with Gasteiger partial charge in [0.2, 0.25) is 0 Å². The minimum atomic E-state index is -0.953. The molecule has 48 heavy (non-hydrogen) atoms. The second kappa shape index (κ2) is 13.1. The molecule has 1 aliphatic rings. The normalized spacial score (nSPS) is 16.3. The third-order valence-electron chi connectivity index (χ3n) is 9.03. The zero-order valence-corrected chi connectivity index (χ0v) is 26.4. The molecule has 2 amide bonds. The van der Waals surface area contributed by atoms with E-state index in [1.807, 2.05) is 95.7 Å². The summed E-state index contributed by atoms with van der Waals surface area (Å²) in [5, 5.41) is 21.8. The summed E-state index contributed by atoms with van der Waals surface area (Å²) >= 11 is 0. The molecule has 3 N–H and O–H groups in total. The monoisotopic (exact) mass is 637 g/mol. The van der Waals surface area contributed by atoms with Gasteiger partial charge in [-0.1, -0.05) is 121 Å². The van der Waals surface area contributed by atoms with Crippen LogP contribution in [0, 0.1) is 5.92 Å². The Hall–Kier alpha value is -5.80. The van der Waals surface area contributed by atoms with Crippen LogP contribution >= 0.6 is 0 Å². The summed E-state index contributed by atoms with van der Waals surface area (Å²) in [5.74, 6) is -1.29. The number of anilines is 1. The number of methoxy groups -OCH3 is 1. The third-order valence-corrected chi connectivity index (χ3v) is 9.03. The quantitative estimate of drug-likeness (QED) is 0.132. The number of amides is 2. The van der Waals surface area contributed by atoms with Crippen LogP contribution in [0.4, 0.5) is 10.6 Å². The number of urea groups is 1. The van der Waals surface area contributed by atoms with Crippen LogP contribution in [0.3, 0.4) is 0 Å². The maximum absolute atomic E-state index is 13.4. The van der Waals surface area contributed by atoms with Gasteiger partial charge < -0.3 is 15.2 Å². The molecule has 1 fully saturated rings. The molecule has 4 aromatic carbocycles. The molecule has 1 aliphatic carbocycles. The number of hydrogen-bond donors (Lipinski definition) is 3. The molecule has 0 bridgehead atoms. The van der Waals surface area contributed by atoms with E-state index in [1.165, 1.54) is 0 Å². The van der Waals surface area contributed by atoms with Gasteiger partial charge in [-0.15, -0.1) is 0 Å². The highest BCUT2D eigenvalue weighted by Gasteiger charge is 2.48.